The van der Waals surface area contributed by atoms with Crippen molar-refractivity contribution in [3.05, 3.63) is 42.0 Å². The number of allylic oxidation sites excluding steroid dienone is 1. The second-order valence-electron chi connectivity index (χ2n) is 9.77. The van der Waals surface area contributed by atoms with Gasteiger partial charge in [0, 0.05) is 6.42 Å². The first kappa shape index (κ1) is 28.7. The van der Waals surface area contributed by atoms with E-state index in [0.29, 0.717) is 5.41 Å². The molecular formula is C28H50O2. The molecule has 0 fully saturated rings. The summed E-state index contributed by atoms with van der Waals surface area (Å²) < 4.78 is 12.1. The van der Waals surface area contributed by atoms with E-state index in [0.717, 1.165) is 30.9 Å². The Morgan fingerprint density at radius 2 is 1.40 bits per heavy atom. The van der Waals surface area contributed by atoms with Crippen LogP contribution in [0.15, 0.2) is 36.4 Å². The standard InChI is InChI=1S/C25H42O2.C3H8/c1-8-21(9-2)12-10-11-13-24(26-20(3)4)27-23-16-14-22(15-17-23)18-19-25(5,6)7;1-3-2/h10-11,14-17,20-21,24H,8-9,12-13,18-19H2,1-7H3;3H2,1-2H3/b11-10+;. The second-order valence-corrected chi connectivity index (χ2v) is 9.77. The van der Waals surface area contributed by atoms with Crippen LogP contribution in [0.1, 0.15) is 106 Å². The van der Waals surface area contributed by atoms with Crippen molar-refractivity contribution in [2.75, 3.05) is 0 Å². The largest absolute Gasteiger partial charge is 0.465 e. The first-order chi connectivity index (χ1) is 14.1. The summed E-state index contributed by atoms with van der Waals surface area (Å²) >= 11 is 0. The van der Waals surface area contributed by atoms with Gasteiger partial charge in [0.1, 0.15) is 5.75 Å². The Balaban J connectivity index is 0.00000263. The lowest BCUT2D eigenvalue weighted by molar-refractivity contribution is -0.105. The molecule has 1 aromatic carbocycles. The Kier molecular flexibility index (Phi) is 15.7. The highest BCUT2D eigenvalue weighted by atomic mass is 16.7. The van der Waals surface area contributed by atoms with Crippen LogP contribution < -0.4 is 4.74 Å². The lowest BCUT2D eigenvalue weighted by Crippen LogP contribution is -2.23. The number of hydrogen-bond donors (Lipinski definition) is 0. The lowest BCUT2D eigenvalue weighted by Gasteiger charge is -2.21. The third-order valence-electron chi connectivity index (χ3n) is 4.90. The topological polar surface area (TPSA) is 18.5 Å². The van der Waals surface area contributed by atoms with Crippen molar-refractivity contribution >= 4 is 0 Å². The van der Waals surface area contributed by atoms with E-state index >= 15 is 0 Å². The van der Waals surface area contributed by atoms with E-state index in [2.05, 4.69) is 98.7 Å². The molecule has 0 aliphatic carbocycles. The van der Waals surface area contributed by atoms with E-state index in [1.54, 1.807) is 0 Å². The molecule has 174 valence electrons. The SMILES string of the molecule is CCC.CCC(CC)C/C=C/CC(Oc1ccc(CCC(C)(C)C)cc1)OC(C)C. The molecule has 1 atom stereocenters. The van der Waals surface area contributed by atoms with Gasteiger partial charge >= 0.3 is 0 Å². The molecule has 0 heterocycles. The third-order valence-corrected chi connectivity index (χ3v) is 4.90. The van der Waals surface area contributed by atoms with Gasteiger partial charge in [-0.3, -0.25) is 0 Å². The van der Waals surface area contributed by atoms with Gasteiger partial charge in [-0.15, -0.1) is 0 Å². The summed E-state index contributed by atoms with van der Waals surface area (Å²) in [4.78, 5) is 0. The molecule has 1 unspecified atom stereocenters. The fraction of sp³-hybridized carbons (Fsp3) is 0.714. The maximum absolute atomic E-state index is 6.11. The van der Waals surface area contributed by atoms with E-state index < -0.39 is 0 Å². The monoisotopic (exact) mass is 418 g/mol. The normalized spacial score (nSPS) is 12.9. The van der Waals surface area contributed by atoms with Gasteiger partial charge in [-0.2, -0.15) is 0 Å². The summed E-state index contributed by atoms with van der Waals surface area (Å²) in [5, 5.41) is 0. The van der Waals surface area contributed by atoms with E-state index in [1.165, 1.54) is 31.2 Å². The van der Waals surface area contributed by atoms with Crippen molar-refractivity contribution in [1.29, 1.82) is 0 Å². The molecular weight excluding hydrogens is 368 g/mol. The highest BCUT2D eigenvalue weighted by Gasteiger charge is 2.13. The predicted octanol–water partition coefficient (Wildman–Crippen LogP) is 8.98. The fourth-order valence-corrected chi connectivity index (χ4v) is 2.96. The van der Waals surface area contributed by atoms with Gasteiger partial charge < -0.3 is 9.47 Å². The zero-order valence-electron chi connectivity index (χ0n) is 21.5. The van der Waals surface area contributed by atoms with E-state index in [4.69, 9.17) is 9.47 Å². The summed E-state index contributed by atoms with van der Waals surface area (Å²) in [7, 11) is 0. The zero-order chi connectivity index (χ0) is 23.0. The van der Waals surface area contributed by atoms with Crippen molar-refractivity contribution in [2.24, 2.45) is 11.3 Å². The lowest BCUT2D eigenvalue weighted by atomic mass is 9.89. The van der Waals surface area contributed by atoms with Crippen LogP contribution in [-0.2, 0) is 11.2 Å². The second kappa shape index (κ2) is 16.4. The summed E-state index contributed by atoms with van der Waals surface area (Å²) in [5.41, 5.74) is 1.73. The van der Waals surface area contributed by atoms with Crippen molar-refractivity contribution in [3.63, 3.8) is 0 Å². The Labute approximate surface area is 188 Å². The highest BCUT2D eigenvalue weighted by molar-refractivity contribution is 5.27. The Hall–Kier alpha value is -1.28. The minimum atomic E-state index is -0.233. The minimum Gasteiger partial charge on any atom is -0.465 e. The van der Waals surface area contributed by atoms with Gasteiger partial charge in [0.25, 0.3) is 0 Å². The van der Waals surface area contributed by atoms with Crippen LogP contribution in [0.3, 0.4) is 0 Å². The zero-order valence-corrected chi connectivity index (χ0v) is 21.5. The molecule has 1 aromatic rings. The number of hydrogen-bond acceptors (Lipinski definition) is 2. The first-order valence-electron chi connectivity index (χ1n) is 12.2. The van der Waals surface area contributed by atoms with Gasteiger partial charge in [-0.25, -0.2) is 0 Å². The molecule has 0 bridgehead atoms. The molecule has 0 saturated carbocycles. The van der Waals surface area contributed by atoms with Crippen molar-refractivity contribution < 1.29 is 9.47 Å². The van der Waals surface area contributed by atoms with Crippen molar-refractivity contribution in [1.82, 2.24) is 0 Å². The molecule has 0 aliphatic heterocycles. The van der Waals surface area contributed by atoms with Gasteiger partial charge in [-0.05, 0) is 62.1 Å². The molecule has 0 aromatic heterocycles. The van der Waals surface area contributed by atoms with Crippen LogP contribution in [0, 0.1) is 11.3 Å². The number of ether oxygens (including phenoxy) is 2. The molecule has 0 saturated heterocycles. The van der Waals surface area contributed by atoms with E-state index in [-0.39, 0.29) is 12.4 Å². The molecule has 30 heavy (non-hydrogen) atoms. The molecule has 2 nitrogen and oxygen atoms in total. The summed E-state index contributed by atoms with van der Waals surface area (Å²) in [6.45, 7) is 19.8. The predicted molar refractivity (Wildman–Crippen MR) is 133 cm³/mol. The van der Waals surface area contributed by atoms with Gasteiger partial charge in [0.15, 0.2) is 0 Å². The van der Waals surface area contributed by atoms with E-state index in [9.17, 15) is 0 Å². The van der Waals surface area contributed by atoms with E-state index in [1.807, 2.05) is 0 Å². The van der Waals surface area contributed by atoms with Crippen LogP contribution in [-0.4, -0.2) is 12.4 Å². The molecule has 0 spiro atoms. The molecule has 2 heteroatoms. The van der Waals surface area contributed by atoms with Crippen LogP contribution in [0.25, 0.3) is 0 Å². The average Bonchev–Trinajstić information content (AvgIpc) is 2.67. The Morgan fingerprint density at radius 3 is 1.87 bits per heavy atom. The van der Waals surface area contributed by atoms with Gasteiger partial charge in [0.05, 0.1) is 6.10 Å². The van der Waals surface area contributed by atoms with Crippen LogP contribution in [0.4, 0.5) is 0 Å². The van der Waals surface area contributed by atoms with Gasteiger partial charge in [0.2, 0.25) is 6.29 Å². The van der Waals surface area contributed by atoms with Crippen molar-refractivity contribution in [3.8, 4) is 5.75 Å². The minimum absolute atomic E-state index is 0.147. The highest BCUT2D eigenvalue weighted by Crippen LogP contribution is 2.23. The first-order valence-corrected chi connectivity index (χ1v) is 12.2. The van der Waals surface area contributed by atoms with Crippen LogP contribution in [0.2, 0.25) is 0 Å². The molecule has 0 amide bonds. The molecule has 1 rings (SSSR count). The molecule has 0 radical (unpaired) electrons. The van der Waals surface area contributed by atoms with Crippen LogP contribution >= 0.6 is 0 Å². The van der Waals surface area contributed by atoms with Crippen LogP contribution in [0.5, 0.6) is 5.75 Å². The molecule has 0 aliphatic rings. The summed E-state index contributed by atoms with van der Waals surface area (Å²) in [6.07, 6.45) is 12.4. The Morgan fingerprint density at radius 1 is 0.867 bits per heavy atom. The number of benzene rings is 1. The maximum Gasteiger partial charge on any atom is 0.203 e. The van der Waals surface area contributed by atoms with Gasteiger partial charge in [-0.1, -0.05) is 92.0 Å². The molecule has 0 N–H and O–H groups in total. The third kappa shape index (κ3) is 15.5. The number of rotatable bonds is 12. The summed E-state index contributed by atoms with van der Waals surface area (Å²) in [5.74, 6) is 1.67. The smallest absolute Gasteiger partial charge is 0.203 e. The quantitative estimate of drug-likeness (QED) is 0.249. The Bertz CT molecular complexity index is 533. The number of aryl methyl sites for hydroxylation is 1. The summed E-state index contributed by atoms with van der Waals surface area (Å²) in [6, 6.07) is 8.50. The average molecular weight is 419 g/mol. The maximum atomic E-state index is 6.11. The fourth-order valence-electron chi connectivity index (χ4n) is 2.96. The van der Waals surface area contributed by atoms with Crippen molar-refractivity contribution in [2.45, 2.75) is 120 Å².